The van der Waals surface area contributed by atoms with Crippen molar-refractivity contribution in [1.82, 2.24) is 14.9 Å². The van der Waals surface area contributed by atoms with Crippen LogP contribution in [0.3, 0.4) is 0 Å². The minimum absolute atomic E-state index is 0.0979. The molecule has 1 aliphatic heterocycles. The molecule has 0 atom stereocenters. The Kier molecular flexibility index (Phi) is 4.45. The van der Waals surface area contributed by atoms with E-state index in [2.05, 4.69) is 15.3 Å². The van der Waals surface area contributed by atoms with Crippen molar-refractivity contribution in [3.8, 4) is 0 Å². The molecule has 1 aliphatic rings. The summed E-state index contributed by atoms with van der Waals surface area (Å²) < 4.78 is 26.5. The molecule has 1 N–H and O–H groups in total. The fourth-order valence-electron chi connectivity index (χ4n) is 2.60. The first-order valence-electron chi connectivity index (χ1n) is 7.41. The summed E-state index contributed by atoms with van der Waals surface area (Å²) in [5, 5.41) is 3.12. The van der Waals surface area contributed by atoms with E-state index < -0.39 is 11.6 Å². The number of benzene rings is 1. The second-order valence-electron chi connectivity index (χ2n) is 5.42. The van der Waals surface area contributed by atoms with Gasteiger partial charge in [0.1, 0.15) is 5.82 Å². The van der Waals surface area contributed by atoms with Gasteiger partial charge in [-0.1, -0.05) is 12.1 Å². The van der Waals surface area contributed by atoms with Crippen molar-refractivity contribution in [3.63, 3.8) is 0 Å². The molecule has 0 unspecified atom stereocenters. The van der Waals surface area contributed by atoms with Gasteiger partial charge in [0.2, 0.25) is 5.95 Å². The highest BCUT2D eigenvalue weighted by Crippen LogP contribution is 2.17. The Hall–Kier alpha value is -2.57. The van der Waals surface area contributed by atoms with Crippen LogP contribution in [0.2, 0.25) is 0 Å². The molecule has 7 heteroatoms. The van der Waals surface area contributed by atoms with E-state index in [0.29, 0.717) is 31.9 Å². The number of anilines is 1. The molecule has 5 nitrogen and oxygen atoms in total. The highest BCUT2D eigenvalue weighted by Gasteiger charge is 2.25. The van der Waals surface area contributed by atoms with Gasteiger partial charge in [-0.05, 0) is 25.0 Å². The Morgan fingerprint density at radius 1 is 1.13 bits per heavy atom. The fraction of sp³-hybridized carbons (Fsp3) is 0.312. The number of aromatic nitrogens is 2. The van der Waals surface area contributed by atoms with E-state index >= 15 is 0 Å². The first kappa shape index (κ1) is 15.3. The third-order valence-electron chi connectivity index (χ3n) is 3.84. The number of likely N-dealkylation sites (tertiary alicyclic amines) is 1. The zero-order valence-electron chi connectivity index (χ0n) is 12.4. The molecule has 1 amide bonds. The average molecular weight is 318 g/mol. The van der Waals surface area contributed by atoms with Gasteiger partial charge in [-0.2, -0.15) is 0 Å². The number of halogens is 2. The molecule has 0 saturated carbocycles. The predicted octanol–water partition coefficient (Wildman–Crippen LogP) is 2.47. The summed E-state index contributed by atoms with van der Waals surface area (Å²) >= 11 is 0. The molecule has 2 aromatic rings. The Morgan fingerprint density at radius 3 is 2.43 bits per heavy atom. The SMILES string of the molecule is O=C(c1ccccc1F)N1CCC(Nc2ncc(F)cn2)CC1. The number of hydrogen-bond acceptors (Lipinski definition) is 4. The summed E-state index contributed by atoms with van der Waals surface area (Å²) in [6, 6.07) is 6.09. The quantitative estimate of drug-likeness (QED) is 0.944. The monoisotopic (exact) mass is 318 g/mol. The minimum Gasteiger partial charge on any atom is -0.351 e. The molecule has 3 rings (SSSR count). The molecule has 2 heterocycles. The van der Waals surface area contributed by atoms with Crippen molar-refractivity contribution in [2.75, 3.05) is 18.4 Å². The van der Waals surface area contributed by atoms with Gasteiger partial charge in [0.05, 0.1) is 18.0 Å². The number of nitrogens with zero attached hydrogens (tertiary/aromatic N) is 3. The lowest BCUT2D eigenvalue weighted by molar-refractivity contribution is 0.0713. The van der Waals surface area contributed by atoms with Gasteiger partial charge in [-0.3, -0.25) is 4.79 Å². The molecule has 1 aromatic heterocycles. The van der Waals surface area contributed by atoms with Crippen LogP contribution >= 0.6 is 0 Å². The summed E-state index contributed by atoms with van der Waals surface area (Å²) in [6.07, 6.45) is 3.60. The van der Waals surface area contributed by atoms with Gasteiger partial charge in [0.25, 0.3) is 5.91 Å². The van der Waals surface area contributed by atoms with E-state index in [-0.39, 0.29) is 17.5 Å². The van der Waals surface area contributed by atoms with Crippen molar-refractivity contribution in [3.05, 3.63) is 53.9 Å². The Bertz CT molecular complexity index is 685. The van der Waals surface area contributed by atoms with Crippen LogP contribution in [0.4, 0.5) is 14.7 Å². The Labute approximate surface area is 132 Å². The summed E-state index contributed by atoms with van der Waals surface area (Å²) in [6.45, 7) is 1.04. The fourth-order valence-corrected chi connectivity index (χ4v) is 2.60. The number of rotatable bonds is 3. The van der Waals surface area contributed by atoms with Crippen LogP contribution in [-0.4, -0.2) is 39.9 Å². The maximum absolute atomic E-state index is 13.7. The molecule has 120 valence electrons. The number of carbonyl (C=O) groups excluding carboxylic acids is 1. The maximum atomic E-state index is 13.7. The standard InChI is InChI=1S/C16H16F2N4O/c17-11-9-19-16(20-10-11)21-12-5-7-22(8-6-12)15(23)13-3-1-2-4-14(13)18/h1-4,9-10,12H,5-8H2,(H,19,20,21). The van der Waals surface area contributed by atoms with E-state index in [0.717, 1.165) is 12.4 Å². The Morgan fingerprint density at radius 2 is 1.78 bits per heavy atom. The number of amides is 1. The summed E-state index contributed by atoms with van der Waals surface area (Å²) in [5.41, 5.74) is 0.0979. The predicted molar refractivity (Wildman–Crippen MR) is 80.9 cm³/mol. The van der Waals surface area contributed by atoms with E-state index in [9.17, 15) is 13.6 Å². The van der Waals surface area contributed by atoms with E-state index in [1.165, 1.54) is 12.1 Å². The third kappa shape index (κ3) is 3.61. The van der Waals surface area contributed by atoms with Crippen LogP contribution in [0, 0.1) is 11.6 Å². The third-order valence-corrected chi connectivity index (χ3v) is 3.84. The van der Waals surface area contributed by atoms with Crippen LogP contribution in [-0.2, 0) is 0 Å². The average Bonchev–Trinajstić information content (AvgIpc) is 2.57. The molecule has 0 bridgehead atoms. The van der Waals surface area contributed by atoms with Gasteiger partial charge in [0.15, 0.2) is 5.82 Å². The van der Waals surface area contributed by atoms with E-state index in [4.69, 9.17) is 0 Å². The zero-order chi connectivity index (χ0) is 16.2. The Balaban J connectivity index is 1.57. The van der Waals surface area contributed by atoms with Crippen LogP contribution in [0.25, 0.3) is 0 Å². The lowest BCUT2D eigenvalue weighted by Crippen LogP contribution is -2.42. The second kappa shape index (κ2) is 6.68. The minimum atomic E-state index is -0.502. The molecule has 1 fully saturated rings. The lowest BCUT2D eigenvalue weighted by Gasteiger charge is -2.32. The summed E-state index contributed by atoms with van der Waals surface area (Å²) in [5.74, 6) is -0.914. The highest BCUT2D eigenvalue weighted by molar-refractivity contribution is 5.94. The molecule has 0 radical (unpaired) electrons. The van der Waals surface area contributed by atoms with Crippen molar-refractivity contribution in [2.45, 2.75) is 18.9 Å². The van der Waals surface area contributed by atoms with Crippen LogP contribution in [0.1, 0.15) is 23.2 Å². The highest BCUT2D eigenvalue weighted by atomic mass is 19.1. The van der Waals surface area contributed by atoms with E-state index in [1.807, 2.05) is 0 Å². The van der Waals surface area contributed by atoms with E-state index in [1.54, 1.807) is 17.0 Å². The van der Waals surface area contributed by atoms with Gasteiger partial charge in [-0.15, -0.1) is 0 Å². The zero-order valence-corrected chi connectivity index (χ0v) is 12.4. The molecule has 23 heavy (non-hydrogen) atoms. The maximum Gasteiger partial charge on any atom is 0.256 e. The molecular weight excluding hydrogens is 302 g/mol. The molecule has 0 spiro atoms. The molecule has 0 aliphatic carbocycles. The number of piperidine rings is 1. The van der Waals surface area contributed by atoms with Gasteiger partial charge in [0, 0.05) is 19.1 Å². The normalized spacial score (nSPS) is 15.5. The van der Waals surface area contributed by atoms with Gasteiger partial charge in [-0.25, -0.2) is 18.7 Å². The van der Waals surface area contributed by atoms with Gasteiger partial charge >= 0.3 is 0 Å². The molecule has 1 saturated heterocycles. The van der Waals surface area contributed by atoms with Crippen molar-refractivity contribution in [2.24, 2.45) is 0 Å². The summed E-state index contributed by atoms with van der Waals surface area (Å²) in [4.78, 5) is 21.7. The van der Waals surface area contributed by atoms with Crippen molar-refractivity contribution >= 4 is 11.9 Å². The van der Waals surface area contributed by atoms with Gasteiger partial charge < -0.3 is 10.2 Å². The van der Waals surface area contributed by atoms with Crippen LogP contribution in [0.15, 0.2) is 36.7 Å². The topological polar surface area (TPSA) is 58.1 Å². The van der Waals surface area contributed by atoms with Crippen molar-refractivity contribution < 1.29 is 13.6 Å². The number of carbonyl (C=O) groups is 1. The lowest BCUT2D eigenvalue weighted by atomic mass is 10.0. The first-order valence-corrected chi connectivity index (χ1v) is 7.41. The number of hydrogen-bond donors (Lipinski definition) is 1. The molecule has 1 aromatic carbocycles. The smallest absolute Gasteiger partial charge is 0.256 e. The summed E-state index contributed by atoms with van der Waals surface area (Å²) in [7, 11) is 0. The van der Waals surface area contributed by atoms with Crippen LogP contribution in [0.5, 0.6) is 0 Å². The first-order chi connectivity index (χ1) is 11.1. The van der Waals surface area contributed by atoms with Crippen molar-refractivity contribution in [1.29, 1.82) is 0 Å². The second-order valence-corrected chi connectivity index (χ2v) is 5.42. The number of nitrogens with one attached hydrogen (secondary N) is 1. The largest absolute Gasteiger partial charge is 0.351 e. The van der Waals surface area contributed by atoms with Crippen LogP contribution < -0.4 is 5.32 Å². The molecular formula is C16H16F2N4O.